The lowest BCUT2D eigenvalue weighted by atomic mass is 10.2. The fraction of sp³-hybridized carbons (Fsp3) is 0.231. The summed E-state index contributed by atoms with van der Waals surface area (Å²) < 4.78 is 26.7. The number of hydrogen-bond acceptors (Lipinski definition) is 5. The molecule has 0 amide bonds. The molecule has 1 aromatic heterocycles. The molecule has 7 heteroatoms. The Kier molecular flexibility index (Phi) is 4.78. The molecule has 106 valence electrons. The Morgan fingerprint density at radius 2 is 1.85 bits per heavy atom. The van der Waals surface area contributed by atoms with Crippen molar-refractivity contribution in [2.45, 2.75) is 18.0 Å². The van der Waals surface area contributed by atoms with Crippen molar-refractivity contribution in [3.63, 3.8) is 0 Å². The quantitative estimate of drug-likeness (QED) is 0.817. The highest BCUT2D eigenvalue weighted by molar-refractivity contribution is 7.89. The molecule has 2 rings (SSSR count). The fourth-order valence-electron chi connectivity index (χ4n) is 1.67. The third kappa shape index (κ3) is 3.83. The van der Waals surface area contributed by atoms with Crippen molar-refractivity contribution >= 4 is 10.0 Å². The Bertz CT molecular complexity index is 642. The van der Waals surface area contributed by atoms with Crippen LogP contribution in [0.3, 0.4) is 0 Å². The molecule has 0 atom stereocenters. The van der Waals surface area contributed by atoms with Crippen LogP contribution < -0.4 is 10.0 Å². The van der Waals surface area contributed by atoms with Crippen molar-refractivity contribution in [2.24, 2.45) is 0 Å². The molecule has 0 aliphatic rings. The van der Waals surface area contributed by atoms with E-state index >= 15 is 0 Å². The zero-order valence-corrected chi connectivity index (χ0v) is 11.9. The smallest absolute Gasteiger partial charge is 0.240 e. The third-order valence-corrected chi connectivity index (χ3v) is 4.10. The second-order valence-electron chi connectivity index (χ2n) is 4.21. The normalized spacial score (nSPS) is 11.4. The monoisotopic (exact) mass is 292 g/mol. The van der Waals surface area contributed by atoms with E-state index in [0.29, 0.717) is 12.2 Å². The van der Waals surface area contributed by atoms with Crippen molar-refractivity contribution in [1.82, 2.24) is 20.2 Å². The average Bonchev–Trinajstić information content (AvgIpc) is 2.47. The first-order chi connectivity index (χ1) is 9.62. The summed E-state index contributed by atoms with van der Waals surface area (Å²) in [6, 6.07) is 10.2. The molecule has 0 saturated heterocycles. The first-order valence-electron chi connectivity index (χ1n) is 6.11. The summed E-state index contributed by atoms with van der Waals surface area (Å²) in [5, 5.41) is 10.5. The zero-order chi connectivity index (χ0) is 14.4. The van der Waals surface area contributed by atoms with Gasteiger partial charge in [-0.3, -0.25) is 0 Å². The topological polar surface area (TPSA) is 84.0 Å². The Morgan fingerprint density at radius 3 is 2.45 bits per heavy atom. The summed E-state index contributed by atoms with van der Waals surface area (Å²) in [5.41, 5.74) is 1.60. The van der Waals surface area contributed by atoms with Gasteiger partial charge in [0.2, 0.25) is 10.0 Å². The van der Waals surface area contributed by atoms with Crippen LogP contribution in [-0.2, 0) is 23.1 Å². The van der Waals surface area contributed by atoms with Gasteiger partial charge in [0, 0.05) is 12.7 Å². The molecule has 1 aromatic carbocycles. The molecule has 0 bridgehead atoms. The second-order valence-corrected chi connectivity index (χ2v) is 5.98. The van der Waals surface area contributed by atoms with Crippen molar-refractivity contribution in [2.75, 3.05) is 7.05 Å². The Balaban J connectivity index is 2.06. The van der Waals surface area contributed by atoms with E-state index in [4.69, 9.17) is 0 Å². The zero-order valence-electron chi connectivity index (χ0n) is 11.1. The van der Waals surface area contributed by atoms with Crippen LogP contribution in [0, 0.1) is 0 Å². The van der Waals surface area contributed by atoms with Crippen LogP contribution in [0.4, 0.5) is 0 Å². The van der Waals surface area contributed by atoms with E-state index in [-0.39, 0.29) is 11.4 Å². The van der Waals surface area contributed by atoms with Crippen LogP contribution in [0.15, 0.2) is 47.5 Å². The molecule has 0 fully saturated rings. The lowest BCUT2D eigenvalue weighted by Gasteiger charge is -2.07. The van der Waals surface area contributed by atoms with E-state index in [1.165, 1.54) is 0 Å². The van der Waals surface area contributed by atoms with Gasteiger partial charge in [0.25, 0.3) is 0 Å². The van der Waals surface area contributed by atoms with Crippen LogP contribution in [0.2, 0.25) is 0 Å². The Labute approximate surface area is 118 Å². The Morgan fingerprint density at radius 1 is 1.10 bits per heavy atom. The van der Waals surface area contributed by atoms with Crippen molar-refractivity contribution in [3.8, 4) is 0 Å². The van der Waals surface area contributed by atoms with Gasteiger partial charge in [-0.1, -0.05) is 12.1 Å². The van der Waals surface area contributed by atoms with Crippen molar-refractivity contribution in [1.29, 1.82) is 0 Å². The van der Waals surface area contributed by atoms with E-state index in [9.17, 15) is 8.42 Å². The standard InChI is InChI=1S/C13H16N4O2S/c1-14-9-11-4-6-13(7-5-11)20(18,19)16-10-12-3-2-8-15-17-12/h2-8,14,16H,9-10H2,1H3. The molecule has 1 heterocycles. The first-order valence-corrected chi connectivity index (χ1v) is 7.60. The molecule has 6 nitrogen and oxygen atoms in total. The second kappa shape index (κ2) is 6.56. The van der Waals surface area contributed by atoms with Gasteiger partial charge >= 0.3 is 0 Å². The minimum Gasteiger partial charge on any atom is -0.316 e. The van der Waals surface area contributed by atoms with E-state index in [1.54, 1.807) is 42.6 Å². The SMILES string of the molecule is CNCc1ccc(S(=O)(=O)NCc2cccnn2)cc1. The summed E-state index contributed by atoms with van der Waals surface area (Å²) in [7, 11) is -1.69. The highest BCUT2D eigenvalue weighted by Gasteiger charge is 2.13. The van der Waals surface area contributed by atoms with Crippen LogP contribution in [0.25, 0.3) is 0 Å². The van der Waals surface area contributed by atoms with E-state index in [1.807, 2.05) is 7.05 Å². The Hall–Kier alpha value is -1.83. The highest BCUT2D eigenvalue weighted by atomic mass is 32.2. The molecule has 0 unspecified atom stereocenters. The van der Waals surface area contributed by atoms with Gasteiger partial charge in [-0.05, 0) is 36.9 Å². The van der Waals surface area contributed by atoms with Crippen molar-refractivity contribution < 1.29 is 8.42 Å². The molecule has 20 heavy (non-hydrogen) atoms. The number of sulfonamides is 1. The first kappa shape index (κ1) is 14.6. The number of rotatable bonds is 6. The molecular weight excluding hydrogens is 276 g/mol. The number of aromatic nitrogens is 2. The maximum absolute atomic E-state index is 12.1. The van der Waals surface area contributed by atoms with Crippen LogP contribution in [0.1, 0.15) is 11.3 Å². The number of hydrogen-bond donors (Lipinski definition) is 2. The predicted molar refractivity (Wildman–Crippen MR) is 75.3 cm³/mol. The fourth-order valence-corrected chi connectivity index (χ4v) is 2.67. The maximum atomic E-state index is 12.1. The summed E-state index contributed by atoms with van der Waals surface area (Å²) in [4.78, 5) is 0.237. The number of nitrogens with zero attached hydrogens (tertiary/aromatic N) is 2. The van der Waals surface area contributed by atoms with Gasteiger partial charge in [0.15, 0.2) is 0 Å². The molecule has 0 spiro atoms. The molecule has 0 saturated carbocycles. The molecule has 0 radical (unpaired) electrons. The van der Waals surface area contributed by atoms with E-state index < -0.39 is 10.0 Å². The summed E-state index contributed by atoms with van der Waals surface area (Å²) in [6.07, 6.45) is 1.54. The third-order valence-electron chi connectivity index (χ3n) is 2.69. The van der Waals surface area contributed by atoms with Gasteiger partial charge in [-0.2, -0.15) is 10.2 Å². The lowest BCUT2D eigenvalue weighted by molar-refractivity contribution is 0.580. The van der Waals surface area contributed by atoms with Gasteiger partial charge < -0.3 is 5.32 Å². The minimum atomic E-state index is -3.53. The number of benzene rings is 1. The van der Waals surface area contributed by atoms with Gasteiger partial charge in [-0.15, -0.1) is 0 Å². The highest BCUT2D eigenvalue weighted by Crippen LogP contribution is 2.10. The van der Waals surface area contributed by atoms with Gasteiger partial charge in [-0.25, -0.2) is 13.1 Å². The summed E-state index contributed by atoms with van der Waals surface area (Å²) in [6.45, 7) is 0.821. The lowest BCUT2D eigenvalue weighted by Crippen LogP contribution is -2.23. The summed E-state index contributed by atoms with van der Waals surface area (Å²) >= 11 is 0. The maximum Gasteiger partial charge on any atom is 0.240 e. The van der Waals surface area contributed by atoms with Gasteiger partial charge in [0.05, 0.1) is 17.1 Å². The molecule has 0 aliphatic heterocycles. The van der Waals surface area contributed by atoms with Gasteiger partial charge in [0.1, 0.15) is 0 Å². The number of nitrogens with one attached hydrogen (secondary N) is 2. The summed E-state index contributed by atoms with van der Waals surface area (Å²) in [5.74, 6) is 0. The molecule has 2 N–H and O–H groups in total. The van der Waals surface area contributed by atoms with E-state index in [0.717, 1.165) is 5.56 Å². The van der Waals surface area contributed by atoms with Crippen LogP contribution in [-0.4, -0.2) is 25.7 Å². The largest absolute Gasteiger partial charge is 0.316 e. The molecular formula is C13H16N4O2S. The van der Waals surface area contributed by atoms with Crippen LogP contribution in [0.5, 0.6) is 0 Å². The van der Waals surface area contributed by atoms with Crippen molar-refractivity contribution in [3.05, 3.63) is 53.9 Å². The molecule has 2 aromatic rings. The molecule has 0 aliphatic carbocycles. The predicted octanol–water partition coefficient (Wildman–Crippen LogP) is 0.674. The minimum absolute atomic E-state index is 0.119. The van der Waals surface area contributed by atoms with Crippen LogP contribution >= 0.6 is 0 Å². The average molecular weight is 292 g/mol. The van der Waals surface area contributed by atoms with E-state index in [2.05, 4.69) is 20.2 Å².